The van der Waals surface area contributed by atoms with Crippen molar-refractivity contribution in [2.75, 3.05) is 19.6 Å². The first-order valence-electron chi connectivity index (χ1n) is 7.18. The number of hydrogen-bond donors (Lipinski definition) is 1. The summed E-state index contributed by atoms with van der Waals surface area (Å²) in [6.07, 6.45) is 3.34. The molecule has 1 amide bonds. The van der Waals surface area contributed by atoms with Crippen LogP contribution >= 0.6 is 0 Å². The number of hydrogen-bond acceptors (Lipinski definition) is 3. The second-order valence-corrected chi connectivity index (χ2v) is 6.77. The van der Waals surface area contributed by atoms with E-state index in [4.69, 9.17) is 4.74 Å². The van der Waals surface area contributed by atoms with Crippen LogP contribution in [0.2, 0.25) is 0 Å². The molecule has 2 rings (SSSR count). The number of ether oxygens (including phenoxy) is 1. The summed E-state index contributed by atoms with van der Waals surface area (Å²) in [5, 5.41) is 3.39. The normalized spacial score (nSPS) is 36.9. The quantitative estimate of drug-likeness (QED) is 0.731. The number of likely N-dealkylation sites (tertiary alicyclic amines) is 1. The summed E-state index contributed by atoms with van der Waals surface area (Å²) in [6.45, 7) is 11.0. The SMILES string of the molecule is C[C@@H]1CCC[N+]1(C(=O)OC(C)(C)C)[C@@H]1CCNC1. The van der Waals surface area contributed by atoms with E-state index in [2.05, 4.69) is 12.2 Å². The lowest BCUT2D eigenvalue weighted by Gasteiger charge is -2.40. The first-order valence-corrected chi connectivity index (χ1v) is 7.18. The lowest BCUT2D eigenvalue weighted by Crippen LogP contribution is -2.63. The lowest BCUT2D eigenvalue weighted by atomic mass is 10.1. The van der Waals surface area contributed by atoms with Crippen molar-refractivity contribution >= 4 is 6.09 Å². The van der Waals surface area contributed by atoms with Crippen molar-refractivity contribution in [1.82, 2.24) is 5.32 Å². The molecule has 0 aromatic heterocycles. The van der Waals surface area contributed by atoms with E-state index < -0.39 is 5.60 Å². The minimum atomic E-state index is -0.392. The second-order valence-electron chi connectivity index (χ2n) is 6.77. The fraction of sp³-hybridized carbons (Fsp3) is 0.929. The van der Waals surface area contributed by atoms with Crippen molar-refractivity contribution in [3.8, 4) is 0 Å². The van der Waals surface area contributed by atoms with E-state index >= 15 is 0 Å². The Balaban J connectivity index is 2.22. The summed E-state index contributed by atoms with van der Waals surface area (Å²) in [5.41, 5.74) is -0.392. The topological polar surface area (TPSA) is 38.3 Å². The summed E-state index contributed by atoms with van der Waals surface area (Å²) in [5.74, 6) is 0. The average molecular weight is 255 g/mol. The van der Waals surface area contributed by atoms with Gasteiger partial charge in [-0.2, -0.15) is 4.79 Å². The molecule has 1 unspecified atom stereocenters. The molecule has 3 atom stereocenters. The van der Waals surface area contributed by atoms with Crippen molar-refractivity contribution in [1.29, 1.82) is 0 Å². The van der Waals surface area contributed by atoms with Gasteiger partial charge in [-0.25, -0.2) is 4.48 Å². The Morgan fingerprint density at radius 3 is 2.50 bits per heavy atom. The molecule has 0 radical (unpaired) electrons. The van der Waals surface area contributed by atoms with Crippen LogP contribution in [0.1, 0.15) is 47.0 Å². The molecule has 0 aliphatic carbocycles. The zero-order valence-electron chi connectivity index (χ0n) is 12.2. The zero-order chi connectivity index (χ0) is 13.4. The van der Waals surface area contributed by atoms with Gasteiger partial charge in [0.05, 0.1) is 12.6 Å². The van der Waals surface area contributed by atoms with Crippen LogP contribution in [0.15, 0.2) is 0 Å². The Labute approximate surface area is 110 Å². The maximum Gasteiger partial charge on any atom is 0.517 e. The summed E-state index contributed by atoms with van der Waals surface area (Å²) in [6, 6.07) is 0.794. The smallest absolute Gasteiger partial charge is 0.414 e. The molecule has 2 fully saturated rings. The van der Waals surface area contributed by atoms with Crippen molar-refractivity contribution in [2.24, 2.45) is 0 Å². The molecule has 0 spiro atoms. The summed E-state index contributed by atoms with van der Waals surface area (Å²) in [4.78, 5) is 12.7. The highest BCUT2D eigenvalue weighted by atomic mass is 16.6. The maximum absolute atomic E-state index is 12.7. The van der Waals surface area contributed by atoms with Gasteiger partial charge in [0.2, 0.25) is 0 Å². The molecule has 18 heavy (non-hydrogen) atoms. The predicted octanol–water partition coefficient (Wildman–Crippen LogP) is 2.28. The van der Waals surface area contributed by atoms with Crippen molar-refractivity contribution < 1.29 is 14.0 Å². The van der Waals surface area contributed by atoms with Crippen LogP contribution in [0.3, 0.4) is 0 Å². The minimum absolute atomic E-state index is 0.0128. The Morgan fingerprint density at radius 2 is 2.06 bits per heavy atom. The monoisotopic (exact) mass is 255 g/mol. The molecule has 0 aromatic carbocycles. The summed E-state index contributed by atoms with van der Waals surface area (Å²) >= 11 is 0. The molecular weight excluding hydrogens is 228 g/mol. The van der Waals surface area contributed by atoms with Gasteiger partial charge < -0.3 is 10.1 Å². The highest BCUT2D eigenvalue weighted by molar-refractivity contribution is 5.61. The van der Waals surface area contributed by atoms with Gasteiger partial charge in [0.1, 0.15) is 11.6 Å². The third-order valence-corrected chi connectivity index (χ3v) is 4.36. The molecule has 4 nitrogen and oxygen atoms in total. The highest BCUT2D eigenvalue weighted by Gasteiger charge is 2.54. The van der Waals surface area contributed by atoms with Gasteiger partial charge in [-0.15, -0.1) is 0 Å². The Bertz CT molecular complexity index is 318. The number of nitrogens with one attached hydrogen (secondary N) is 1. The highest BCUT2D eigenvalue weighted by Crippen LogP contribution is 2.35. The van der Waals surface area contributed by atoms with E-state index in [0.29, 0.717) is 16.6 Å². The van der Waals surface area contributed by atoms with Crippen LogP contribution in [0, 0.1) is 0 Å². The third kappa shape index (κ3) is 2.41. The van der Waals surface area contributed by atoms with E-state index in [-0.39, 0.29) is 6.09 Å². The Kier molecular flexibility index (Phi) is 3.70. The molecule has 1 N–H and O–H groups in total. The molecule has 2 saturated heterocycles. The number of carbonyl (C=O) groups is 1. The first kappa shape index (κ1) is 13.8. The first-order chi connectivity index (χ1) is 8.36. The number of carbonyl (C=O) groups excluding carboxylic acids is 1. The summed E-state index contributed by atoms with van der Waals surface area (Å²) in [7, 11) is 0. The molecule has 4 heteroatoms. The Hall–Kier alpha value is -0.610. The van der Waals surface area contributed by atoms with Gasteiger partial charge in [-0.3, -0.25) is 0 Å². The number of rotatable bonds is 1. The van der Waals surface area contributed by atoms with Gasteiger partial charge in [-0.05, 0) is 27.7 Å². The number of amides is 1. The molecule has 0 bridgehead atoms. The molecule has 2 aliphatic rings. The molecule has 0 saturated carbocycles. The molecule has 2 heterocycles. The van der Waals surface area contributed by atoms with Crippen molar-refractivity contribution in [3.63, 3.8) is 0 Å². The largest absolute Gasteiger partial charge is 0.517 e. The van der Waals surface area contributed by atoms with Gasteiger partial charge >= 0.3 is 6.09 Å². The predicted molar refractivity (Wildman–Crippen MR) is 71.3 cm³/mol. The summed E-state index contributed by atoms with van der Waals surface area (Å²) < 4.78 is 6.26. The van der Waals surface area contributed by atoms with Crippen LogP contribution in [-0.2, 0) is 4.74 Å². The van der Waals surface area contributed by atoms with Gasteiger partial charge in [-0.1, -0.05) is 0 Å². The van der Waals surface area contributed by atoms with Crippen LogP contribution in [0.4, 0.5) is 4.79 Å². The van der Waals surface area contributed by atoms with Crippen LogP contribution < -0.4 is 5.32 Å². The van der Waals surface area contributed by atoms with E-state index in [9.17, 15) is 4.79 Å². The van der Waals surface area contributed by atoms with Gasteiger partial charge in [0.25, 0.3) is 0 Å². The van der Waals surface area contributed by atoms with Gasteiger partial charge in [0.15, 0.2) is 0 Å². The third-order valence-electron chi connectivity index (χ3n) is 4.36. The molecule has 104 valence electrons. The van der Waals surface area contributed by atoms with Crippen LogP contribution in [0.25, 0.3) is 0 Å². The molecule has 2 aliphatic heterocycles. The lowest BCUT2D eigenvalue weighted by molar-refractivity contribution is -0.890. The fourth-order valence-corrected chi connectivity index (χ4v) is 3.44. The molecular formula is C14H27N2O2+. The van der Waals surface area contributed by atoms with E-state index in [1.54, 1.807) is 0 Å². The maximum atomic E-state index is 12.7. The second kappa shape index (κ2) is 4.82. The molecule has 0 aromatic rings. The fourth-order valence-electron chi connectivity index (χ4n) is 3.44. The van der Waals surface area contributed by atoms with Crippen molar-refractivity contribution in [3.05, 3.63) is 0 Å². The van der Waals surface area contributed by atoms with E-state index in [0.717, 1.165) is 38.9 Å². The zero-order valence-corrected chi connectivity index (χ0v) is 12.2. The standard InChI is InChI=1S/C14H27N2O2/c1-11-6-5-9-16(11,12-7-8-15-10-12)13(17)18-14(2,3)4/h11-12,15H,5-10H2,1-4H3/q+1/t11-,12-,16?/m1/s1. The Morgan fingerprint density at radius 1 is 1.33 bits per heavy atom. The number of quaternary nitrogens is 1. The van der Waals surface area contributed by atoms with Gasteiger partial charge in [0, 0.05) is 32.4 Å². The minimum Gasteiger partial charge on any atom is -0.414 e. The van der Waals surface area contributed by atoms with Crippen molar-refractivity contribution in [2.45, 2.75) is 64.6 Å². The average Bonchev–Trinajstić information content (AvgIpc) is 2.83. The van der Waals surface area contributed by atoms with E-state index in [1.807, 2.05) is 20.8 Å². The van der Waals surface area contributed by atoms with Crippen LogP contribution in [-0.4, -0.2) is 47.9 Å². The van der Waals surface area contributed by atoms with Crippen LogP contribution in [0.5, 0.6) is 0 Å². The number of nitrogens with zero attached hydrogens (tertiary/aromatic N) is 1. The van der Waals surface area contributed by atoms with E-state index in [1.165, 1.54) is 0 Å².